The van der Waals surface area contributed by atoms with Crippen molar-refractivity contribution in [2.24, 2.45) is 0 Å². The van der Waals surface area contributed by atoms with Crippen molar-refractivity contribution in [3.8, 4) is 17.2 Å². The summed E-state index contributed by atoms with van der Waals surface area (Å²) >= 11 is 0. The number of nitrogens with one attached hydrogen (secondary N) is 2. The Morgan fingerprint density at radius 1 is 1.10 bits per heavy atom. The Balaban J connectivity index is 1.94. The van der Waals surface area contributed by atoms with E-state index in [9.17, 15) is 0 Å². The van der Waals surface area contributed by atoms with Crippen LogP contribution in [0.25, 0.3) is 33.1 Å². The van der Waals surface area contributed by atoms with Crippen LogP contribution in [0.5, 0.6) is 0 Å². The molecule has 5 nitrogen and oxygen atoms in total. The van der Waals surface area contributed by atoms with E-state index < -0.39 is 0 Å². The normalized spacial score (nSPS) is 10.9. The number of aromatic nitrogens is 4. The van der Waals surface area contributed by atoms with Gasteiger partial charge in [0.05, 0.1) is 17.3 Å². The molecule has 5 heteroatoms. The predicted molar refractivity (Wildman–Crippen MR) is 75.9 cm³/mol. The maximum Gasteiger partial charge on any atom is 0.138 e. The highest BCUT2D eigenvalue weighted by Gasteiger charge is 2.07. The van der Waals surface area contributed by atoms with Crippen LogP contribution in [-0.4, -0.2) is 20.2 Å². The van der Waals surface area contributed by atoms with Crippen LogP contribution in [0.15, 0.2) is 42.9 Å². The lowest BCUT2D eigenvalue weighted by molar-refractivity contribution is 1.12. The van der Waals surface area contributed by atoms with Gasteiger partial charge in [-0.1, -0.05) is 12.1 Å². The van der Waals surface area contributed by atoms with E-state index in [1.807, 2.05) is 24.3 Å². The van der Waals surface area contributed by atoms with E-state index in [1.54, 1.807) is 18.6 Å². The smallest absolute Gasteiger partial charge is 0.138 e. The number of aromatic amines is 2. The van der Waals surface area contributed by atoms with Crippen molar-refractivity contribution in [3.05, 3.63) is 48.4 Å². The van der Waals surface area contributed by atoms with E-state index >= 15 is 0 Å². The van der Waals surface area contributed by atoms with E-state index in [0.717, 1.165) is 33.1 Å². The van der Waals surface area contributed by atoms with Crippen molar-refractivity contribution in [2.45, 2.75) is 0 Å². The van der Waals surface area contributed by atoms with Crippen LogP contribution in [0.4, 0.5) is 0 Å². The molecule has 94 valence electrons. The molecule has 0 bridgehead atoms. The second kappa shape index (κ2) is 3.93. The molecule has 0 spiro atoms. The first-order valence-electron chi connectivity index (χ1n) is 6.16. The summed E-state index contributed by atoms with van der Waals surface area (Å²) in [5, 5.41) is 18.0. The maximum absolute atomic E-state index is 9.09. The van der Waals surface area contributed by atoms with Gasteiger partial charge in [-0.05, 0) is 17.7 Å². The van der Waals surface area contributed by atoms with Crippen LogP contribution >= 0.6 is 0 Å². The van der Waals surface area contributed by atoms with Crippen LogP contribution in [0, 0.1) is 11.3 Å². The van der Waals surface area contributed by atoms with Gasteiger partial charge in [0.2, 0.25) is 0 Å². The van der Waals surface area contributed by atoms with Gasteiger partial charge < -0.3 is 4.98 Å². The number of nitrogens with zero attached hydrogens (tertiary/aromatic N) is 3. The highest BCUT2D eigenvalue weighted by molar-refractivity contribution is 5.89. The van der Waals surface area contributed by atoms with Crippen molar-refractivity contribution < 1.29 is 0 Å². The van der Waals surface area contributed by atoms with Crippen LogP contribution in [0.2, 0.25) is 0 Å². The molecular formula is C15H9N5. The van der Waals surface area contributed by atoms with Gasteiger partial charge in [0.15, 0.2) is 0 Å². The topological polar surface area (TPSA) is 81.2 Å². The Hall–Kier alpha value is -3.13. The number of hydrogen-bond donors (Lipinski definition) is 2. The van der Waals surface area contributed by atoms with Gasteiger partial charge in [0.1, 0.15) is 11.7 Å². The minimum absolute atomic E-state index is 0.608. The summed E-state index contributed by atoms with van der Waals surface area (Å²) < 4.78 is 0. The molecule has 3 aromatic heterocycles. The van der Waals surface area contributed by atoms with Crippen molar-refractivity contribution in [1.82, 2.24) is 20.2 Å². The van der Waals surface area contributed by atoms with Crippen molar-refractivity contribution in [3.63, 3.8) is 0 Å². The van der Waals surface area contributed by atoms with Crippen LogP contribution < -0.4 is 0 Å². The Kier molecular flexibility index (Phi) is 2.12. The van der Waals surface area contributed by atoms with Gasteiger partial charge >= 0.3 is 0 Å². The number of H-pyrrole nitrogens is 2. The molecule has 0 saturated heterocycles. The number of rotatable bonds is 1. The fraction of sp³-hybridized carbons (Fsp3) is 0. The third-order valence-corrected chi connectivity index (χ3v) is 3.43. The van der Waals surface area contributed by atoms with Crippen LogP contribution in [-0.2, 0) is 0 Å². The molecule has 4 rings (SSSR count). The number of benzene rings is 1. The van der Waals surface area contributed by atoms with Crippen molar-refractivity contribution in [2.75, 3.05) is 0 Å². The summed E-state index contributed by atoms with van der Waals surface area (Å²) in [6.45, 7) is 0. The highest BCUT2D eigenvalue weighted by Crippen LogP contribution is 2.26. The minimum atomic E-state index is 0.608. The van der Waals surface area contributed by atoms with Gasteiger partial charge in [-0.15, -0.1) is 0 Å². The highest BCUT2D eigenvalue weighted by atomic mass is 15.1. The maximum atomic E-state index is 9.09. The zero-order valence-corrected chi connectivity index (χ0v) is 10.4. The average Bonchev–Trinajstić information content (AvgIpc) is 3.12. The van der Waals surface area contributed by atoms with Crippen LogP contribution in [0.1, 0.15) is 5.56 Å². The van der Waals surface area contributed by atoms with E-state index in [1.165, 1.54) is 0 Å². The number of nitriles is 1. The molecule has 0 atom stereocenters. The fourth-order valence-electron chi connectivity index (χ4n) is 2.37. The van der Waals surface area contributed by atoms with Crippen molar-refractivity contribution >= 4 is 21.9 Å². The average molecular weight is 259 g/mol. The zero-order valence-electron chi connectivity index (χ0n) is 10.4. The summed E-state index contributed by atoms with van der Waals surface area (Å²) in [5.74, 6) is 0. The molecule has 20 heavy (non-hydrogen) atoms. The van der Waals surface area contributed by atoms with Gasteiger partial charge in [-0.25, -0.2) is 4.98 Å². The molecule has 0 amide bonds. The number of fused-ring (bicyclic) bond motifs is 2. The standard InChI is InChI=1S/C15H9N5/c16-5-12-7-18-15-13(12)3-11(6-17-15)9-1-2-10-8-19-20-14(10)4-9/h1-4,6-8H,(H,17,18)(H,19,20). The van der Waals surface area contributed by atoms with E-state index in [0.29, 0.717) is 5.56 Å². The van der Waals surface area contributed by atoms with E-state index in [4.69, 9.17) is 5.26 Å². The Labute approximate surface area is 113 Å². The second-order valence-electron chi connectivity index (χ2n) is 4.61. The number of hydrogen-bond acceptors (Lipinski definition) is 3. The lowest BCUT2D eigenvalue weighted by Gasteiger charge is -2.02. The predicted octanol–water partition coefficient (Wildman–Crippen LogP) is 2.98. The molecule has 4 aromatic rings. The zero-order chi connectivity index (χ0) is 13.5. The molecule has 0 aliphatic heterocycles. The molecule has 0 unspecified atom stereocenters. The molecule has 3 heterocycles. The first kappa shape index (κ1) is 10.8. The molecule has 1 aromatic carbocycles. The third-order valence-electron chi connectivity index (χ3n) is 3.43. The SMILES string of the molecule is N#Cc1c[nH]c2ncc(-c3ccc4cn[nH]c4c3)cc12. The first-order valence-corrected chi connectivity index (χ1v) is 6.16. The van der Waals surface area contributed by atoms with Gasteiger partial charge in [0.25, 0.3) is 0 Å². The van der Waals surface area contributed by atoms with Gasteiger partial charge in [-0.3, -0.25) is 5.10 Å². The summed E-state index contributed by atoms with van der Waals surface area (Å²) in [5.41, 5.74) is 4.34. The Morgan fingerprint density at radius 2 is 2.05 bits per heavy atom. The van der Waals surface area contributed by atoms with Crippen LogP contribution in [0.3, 0.4) is 0 Å². The molecule has 0 aliphatic carbocycles. The summed E-state index contributed by atoms with van der Waals surface area (Å²) in [4.78, 5) is 7.35. The Bertz CT molecular complexity index is 971. The summed E-state index contributed by atoms with van der Waals surface area (Å²) in [6, 6.07) is 10.2. The first-order chi connectivity index (χ1) is 9.85. The molecule has 0 radical (unpaired) electrons. The molecule has 0 aliphatic rings. The quantitative estimate of drug-likeness (QED) is 0.551. The van der Waals surface area contributed by atoms with Crippen molar-refractivity contribution in [1.29, 1.82) is 5.26 Å². The molecular weight excluding hydrogens is 250 g/mol. The van der Waals surface area contributed by atoms with E-state index in [2.05, 4.69) is 26.2 Å². The lowest BCUT2D eigenvalue weighted by Crippen LogP contribution is -1.83. The Morgan fingerprint density at radius 3 is 2.95 bits per heavy atom. The van der Waals surface area contributed by atoms with Gasteiger partial charge in [-0.2, -0.15) is 10.4 Å². The fourth-order valence-corrected chi connectivity index (χ4v) is 2.37. The van der Waals surface area contributed by atoms with E-state index in [-0.39, 0.29) is 0 Å². The van der Waals surface area contributed by atoms with Gasteiger partial charge in [0, 0.05) is 28.7 Å². The molecule has 0 saturated carbocycles. The minimum Gasteiger partial charge on any atom is -0.345 e. The monoisotopic (exact) mass is 259 g/mol. The largest absolute Gasteiger partial charge is 0.345 e. The summed E-state index contributed by atoms with van der Waals surface area (Å²) in [6.07, 6.45) is 5.28. The third kappa shape index (κ3) is 1.49. The molecule has 0 fully saturated rings. The number of pyridine rings is 1. The summed E-state index contributed by atoms with van der Waals surface area (Å²) in [7, 11) is 0. The molecule has 2 N–H and O–H groups in total. The second-order valence-corrected chi connectivity index (χ2v) is 4.61. The lowest BCUT2D eigenvalue weighted by atomic mass is 10.0.